The molecule has 2 aromatic carbocycles. The van der Waals surface area contributed by atoms with Crippen molar-refractivity contribution in [3.8, 4) is 11.8 Å². The molecule has 1 aliphatic heterocycles. The molecule has 1 heterocycles. The van der Waals surface area contributed by atoms with Gasteiger partial charge in [0.1, 0.15) is 21.5 Å². The average molecular weight is 547 g/mol. The number of nitrogens with zero attached hydrogens (tertiary/aromatic N) is 2. The van der Waals surface area contributed by atoms with Gasteiger partial charge in [0.2, 0.25) is 10.0 Å². The normalized spacial score (nSPS) is 23.4. The first kappa shape index (κ1) is 26.4. The van der Waals surface area contributed by atoms with Gasteiger partial charge >= 0.3 is 6.18 Å². The molecule has 14 heteroatoms. The molecule has 2 aliphatic rings. The lowest BCUT2D eigenvalue weighted by Crippen LogP contribution is -2.49. The Balaban J connectivity index is 1.69. The van der Waals surface area contributed by atoms with Gasteiger partial charge in [-0.05, 0) is 55.3 Å². The van der Waals surface area contributed by atoms with Gasteiger partial charge in [-0.3, -0.25) is 0 Å². The number of ether oxygens (including phenoxy) is 1. The molecule has 194 valence electrons. The van der Waals surface area contributed by atoms with E-state index in [0.29, 0.717) is 29.3 Å². The average Bonchev–Trinajstić information content (AvgIpc) is 3.56. The van der Waals surface area contributed by atoms with Crippen molar-refractivity contribution in [1.29, 1.82) is 5.26 Å². The second kappa shape index (κ2) is 9.00. The van der Waals surface area contributed by atoms with Crippen molar-refractivity contribution >= 4 is 19.9 Å². The van der Waals surface area contributed by atoms with Gasteiger partial charge in [0, 0.05) is 13.1 Å². The van der Waals surface area contributed by atoms with Crippen LogP contribution in [-0.4, -0.2) is 68.0 Å². The van der Waals surface area contributed by atoms with Gasteiger partial charge in [-0.15, -0.1) is 0 Å². The number of nitriles is 1. The van der Waals surface area contributed by atoms with Crippen molar-refractivity contribution in [1.82, 2.24) is 4.31 Å². The van der Waals surface area contributed by atoms with E-state index in [1.807, 2.05) is 6.07 Å². The van der Waals surface area contributed by atoms with E-state index in [-0.39, 0.29) is 22.3 Å². The molecule has 0 aromatic heterocycles. The minimum absolute atomic E-state index is 0.0989. The van der Waals surface area contributed by atoms with Crippen molar-refractivity contribution < 1.29 is 45.0 Å². The van der Waals surface area contributed by atoms with Crippen LogP contribution in [0.4, 0.5) is 13.2 Å². The lowest BCUT2D eigenvalue weighted by atomic mass is 10.1. The second-order valence-corrected chi connectivity index (χ2v) is 12.7. The summed E-state index contributed by atoms with van der Waals surface area (Å²) in [5.74, 6) is -0.0989. The van der Waals surface area contributed by atoms with Crippen LogP contribution in [0.15, 0.2) is 52.3 Å². The minimum Gasteiger partial charge on any atom is -0.489 e. The van der Waals surface area contributed by atoms with Crippen LogP contribution < -0.4 is 4.74 Å². The number of hydrogen-bond donors (Lipinski definition) is 2. The monoisotopic (exact) mass is 546 g/mol. The Morgan fingerprint density at radius 1 is 1.11 bits per heavy atom. The molecule has 1 unspecified atom stereocenters. The largest absolute Gasteiger partial charge is 0.489 e. The third-order valence-corrected chi connectivity index (χ3v) is 10.2. The number of sulfone groups is 1. The van der Waals surface area contributed by atoms with Gasteiger partial charge in [0.15, 0.2) is 9.84 Å². The first-order chi connectivity index (χ1) is 16.7. The Bertz CT molecular complexity index is 1420. The van der Waals surface area contributed by atoms with E-state index in [4.69, 9.17) is 10.00 Å². The Labute approximate surface area is 205 Å². The van der Waals surface area contributed by atoms with Crippen LogP contribution in [0.25, 0.3) is 0 Å². The van der Waals surface area contributed by atoms with Crippen molar-refractivity contribution in [2.24, 2.45) is 0 Å². The maximum atomic E-state index is 13.5. The maximum absolute atomic E-state index is 13.5. The maximum Gasteiger partial charge on any atom is 0.416 e. The van der Waals surface area contributed by atoms with Gasteiger partial charge in [-0.1, -0.05) is 0 Å². The molecule has 9 nitrogen and oxygen atoms in total. The third kappa shape index (κ3) is 4.81. The molecule has 36 heavy (non-hydrogen) atoms. The molecule has 0 radical (unpaired) electrons. The molecule has 1 saturated heterocycles. The Morgan fingerprint density at radius 3 is 2.28 bits per heavy atom. The number of benzene rings is 2. The highest BCUT2D eigenvalue weighted by Gasteiger charge is 2.55. The molecular formula is C22H21F3N2O7S2. The van der Waals surface area contributed by atoms with Gasteiger partial charge in [0.05, 0.1) is 34.8 Å². The van der Waals surface area contributed by atoms with Crippen molar-refractivity contribution in [3.05, 3.63) is 53.6 Å². The van der Waals surface area contributed by atoms with Crippen molar-refractivity contribution in [2.75, 3.05) is 19.7 Å². The minimum atomic E-state index is -4.70. The second-order valence-electron chi connectivity index (χ2n) is 8.71. The molecule has 0 amide bonds. The van der Waals surface area contributed by atoms with E-state index in [0.717, 1.165) is 18.2 Å². The van der Waals surface area contributed by atoms with Crippen molar-refractivity contribution in [2.45, 2.75) is 45.8 Å². The molecule has 1 aliphatic carbocycles. The van der Waals surface area contributed by atoms with E-state index >= 15 is 0 Å². The van der Waals surface area contributed by atoms with E-state index in [1.54, 1.807) is 0 Å². The van der Waals surface area contributed by atoms with Crippen LogP contribution in [0.1, 0.15) is 24.0 Å². The van der Waals surface area contributed by atoms with Gasteiger partial charge < -0.3 is 14.9 Å². The molecule has 0 spiro atoms. The summed E-state index contributed by atoms with van der Waals surface area (Å²) in [4.78, 5) is -0.913. The number of aliphatic hydroxyl groups excluding tert-OH is 1. The Kier molecular flexibility index (Phi) is 6.59. The van der Waals surface area contributed by atoms with Crippen LogP contribution in [0.2, 0.25) is 0 Å². The predicted molar refractivity (Wildman–Crippen MR) is 118 cm³/mol. The zero-order chi connectivity index (χ0) is 26.5. The highest BCUT2D eigenvalue weighted by Crippen LogP contribution is 2.39. The summed E-state index contributed by atoms with van der Waals surface area (Å²) < 4.78 is 98.4. The number of alkyl halides is 3. The number of β-amino-alcohol motifs (C(OH)–C–C–N with tert-alkyl or cyclic N) is 1. The molecule has 1 saturated carbocycles. The third-order valence-electron chi connectivity index (χ3n) is 6.09. The fraction of sp³-hybridized carbons (Fsp3) is 0.409. The number of rotatable bonds is 7. The van der Waals surface area contributed by atoms with E-state index < -0.39 is 67.0 Å². The summed E-state index contributed by atoms with van der Waals surface area (Å²) in [6.07, 6.45) is -3.54. The summed E-state index contributed by atoms with van der Waals surface area (Å²) in [5, 5.41) is 28.0. The van der Waals surface area contributed by atoms with Crippen LogP contribution in [0.3, 0.4) is 0 Å². The van der Waals surface area contributed by atoms with Gasteiger partial charge in [0.25, 0.3) is 0 Å². The topological polar surface area (TPSA) is 145 Å². The summed E-state index contributed by atoms with van der Waals surface area (Å²) in [6, 6.07) is 8.07. The first-order valence-corrected chi connectivity index (χ1v) is 13.7. The molecule has 2 N–H and O–H groups in total. The summed E-state index contributed by atoms with van der Waals surface area (Å²) >= 11 is 0. The van der Waals surface area contributed by atoms with E-state index in [1.165, 1.54) is 12.1 Å². The lowest BCUT2D eigenvalue weighted by Gasteiger charge is -2.26. The van der Waals surface area contributed by atoms with Crippen molar-refractivity contribution in [3.63, 3.8) is 0 Å². The van der Waals surface area contributed by atoms with Crippen LogP contribution in [-0.2, 0) is 26.0 Å². The number of aliphatic hydroxyl groups is 2. The number of halogens is 3. The highest BCUT2D eigenvalue weighted by atomic mass is 32.2. The summed E-state index contributed by atoms with van der Waals surface area (Å²) in [6.45, 7) is -2.69. The van der Waals surface area contributed by atoms with E-state index in [2.05, 4.69) is 0 Å². The van der Waals surface area contributed by atoms with Gasteiger partial charge in [-0.2, -0.15) is 22.7 Å². The predicted octanol–water partition coefficient (Wildman–Crippen LogP) is 1.69. The zero-order valence-corrected chi connectivity index (χ0v) is 20.1. The van der Waals surface area contributed by atoms with Crippen LogP contribution >= 0.6 is 0 Å². The molecule has 2 atom stereocenters. The number of hydrogen-bond acceptors (Lipinski definition) is 8. The van der Waals surface area contributed by atoms with Crippen LogP contribution in [0.5, 0.6) is 5.75 Å². The standard InChI is InChI=1S/C22H21F3N2O7S2/c23-22(24,25)15-2-6-17(7-3-15)35(30,31)20-11-27(12-21(20,29)13-28)36(32,33)19-8-1-14(10-26)9-18(19)34-16-4-5-16/h1-3,6-9,16,20,28-29H,4-5,11-13H2/t20?,21-/m1/s1. The van der Waals surface area contributed by atoms with Crippen LogP contribution in [0, 0.1) is 11.3 Å². The fourth-order valence-electron chi connectivity index (χ4n) is 3.93. The molecule has 2 fully saturated rings. The summed E-state index contributed by atoms with van der Waals surface area (Å²) in [7, 11) is -9.06. The Morgan fingerprint density at radius 2 is 1.75 bits per heavy atom. The molecular weight excluding hydrogens is 525 g/mol. The smallest absolute Gasteiger partial charge is 0.416 e. The molecule has 0 bridgehead atoms. The molecule has 2 aromatic rings. The first-order valence-electron chi connectivity index (χ1n) is 10.7. The fourth-order valence-corrected chi connectivity index (χ4v) is 7.59. The lowest BCUT2D eigenvalue weighted by molar-refractivity contribution is -0.137. The number of sulfonamides is 1. The Hall–Kier alpha value is -2.70. The zero-order valence-electron chi connectivity index (χ0n) is 18.5. The molecule has 4 rings (SSSR count). The SMILES string of the molecule is N#Cc1ccc(S(=O)(=O)N2CC(S(=O)(=O)c3ccc(C(F)(F)F)cc3)[C@](O)(CO)C2)c(OC2CC2)c1. The van der Waals surface area contributed by atoms with Gasteiger partial charge in [-0.25, -0.2) is 16.8 Å². The quantitative estimate of drug-likeness (QED) is 0.534. The highest BCUT2D eigenvalue weighted by molar-refractivity contribution is 7.92. The summed E-state index contributed by atoms with van der Waals surface area (Å²) in [5.41, 5.74) is -3.38. The van der Waals surface area contributed by atoms with E-state index in [9.17, 15) is 40.2 Å².